The molecule has 1 aromatic carbocycles. The van der Waals surface area contributed by atoms with Gasteiger partial charge in [0.2, 0.25) is 11.8 Å². The Bertz CT molecular complexity index is 907. The molecule has 2 heterocycles. The molecule has 2 aliphatic rings. The number of thiophene rings is 1. The van der Waals surface area contributed by atoms with Gasteiger partial charge < -0.3 is 10.2 Å². The SMILES string of the molecule is C=CCNC(=O)C1(Cc2cccc(-c3cccs3)c2)CCN(C(=O)C2CC2C)C1. The van der Waals surface area contributed by atoms with Crippen LogP contribution in [0.1, 0.15) is 25.3 Å². The predicted molar refractivity (Wildman–Crippen MR) is 118 cm³/mol. The van der Waals surface area contributed by atoms with E-state index in [1.807, 2.05) is 4.90 Å². The molecular weight excluding hydrogens is 380 g/mol. The van der Waals surface area contributed by atoms with Gasteiger partial charge in [0, 0.05) is 30.4 Å². The molecule has 0 spiro atoms. The van der Waals surface area contributed by atoms with Gasteiger partial charge in [-0.05, 0) is 47.8 Å². The predicted octanol–water partition coefficient (Wildman–Crippen LogP) is 4.13. The largest absolute Gasteiger partial charge is 0.352 e. The zero-order chi connectivity index (χ0) is 20.4. The first-order valence-electron chi connectivity index (χ1n) is 10.3. The third kappa shape index (κ3) is 4.15. The Morgan fingerprint density at radius 2 is 2.17 bits per heavy atom. The Morgan fingerprint density at radius 1 is 1.34 bits per heavy atom. The molecule has 1 aliphatic carbocycles. The lowest BCUT2D eigenvalue weighted by molar-refractivity contribution is -0.134. The Hall–Kier alpha value is -2.40. The van der Waals surface area contributed by atoms with Crippen LogP contribution in [0.3, 0.4) is 0 Å². The Kier molecular flexibility index (Phi) is 5.59. The Morgan fingerprint density at radius 3 is 2.86 bits per heavy atom. The van der Waals surface area contributed by atoms with E-state index < -0.39 is 5.41 Å². The van der Waals surface area contributed by atoms with Crippen LogP contribution in [-0.2, 0) is 16.0 Å². The summed E-state index contributed by atoms with van der Waals surface area (Å²) in [4.78, 5) is 29.1. The molecule has 3 atom stereocenters. The molecule has 2 aromatic rings. The van der Waals surface area contributed by atoms with Crippen LogP contribution in [0.4, 0.5) is 0 Å². The van der Waals surface area contributed by atoms with E-state index in [0.717, 1.165) is 12.0 Å². The fourth-order valence-corrected chi connectivity index (χ4v) is 5.12. The summed E-state index contributed by atoms with van der Waals surface area (Å²) in [6.07, 6.45) is 4.02. The maximum Gasteiger partial charge on any atom is 0.228 e. The van der Waals surface area contributed by atoms with Crippen molar-refractivity contribution in [3.05, 3.63) is 60.0 Å². The maximum atomic E-state index is 13.2. The van der Waals surface area contributed by atoms with E-state index >= 15 is 0 Å². The molecule has 0 radical (unpaired) electrons. The van der Waals surface area contributed by atoms with Crippen molar-refractivity contribution in [3.8, 4) is 10.4 Å². The number of hydrogen-bond acceptors (Lipinski definition) is 3. The normalized spacial score (nSPS) is 25.6. The summed E-state index contributed by atoms with van der Waals surface area (Å²) in [6.45, 7) is 7.44. The molecule has 152 valence electrons. The average molecular weight is 409 g/mol. The highest BCUT2D eigenvalue weighted by molar-refractivity contribution is 7.13. The lowest BCUT2D eigenvalue weighted by Gasteiger charge is -2.28. The van der Waals surface area contributed by atoms with Gasteiger partial charge in [-0.15, -0.1) is 17.9 Å². The zero-order valence-electron chi connectivity index (χ0n) is 16.9. The minimum Gasteiger partial charge on any atom is -0.352 e. The van der Waals surface area contributed by atoms with Crippen LogP contribution in [0.2, 0.25) is 0 Å². The number of rotatable bonds is 7. The van der Waals surface area contributed by atoms with Crippen LogP contribution < -0.4 is 5.32 Å². The van der Waals surface area contributed by atoms with E-state index in [2.05, 4.69) is 60.6 Å². The zero-order valence-corrected chi connectivity index (χ0v) is 17.7. The average Bonchev–Trinajstić information content (AvgIpc) is 3.14. The van der Waals surface area contributed by atoms with Crippen LogP contribution in [0, 0.1) is 17.3 Å². The number of carbonyl (C=O) groups excluding carboxylic acids is 2. The van der Waals surface area contributed by atoms with Gasteiger partial charge in [0.1, 0.15) is 0 Å². The topological polar surface area (TPSA) is 49.4 Å². The van der Waals surface area contributed by atoms with Gasteiger partial charge in [-0.2, -0.15) is 0 Å². The van der Waals surface area contributed by atoms with Crippen LogP contribution in [-0.4, -0.2) is 36.3 Å². The molecule has 3 unspecified atom stereocenters. The number of carbonyl (C=O) groups is 2. The summed E-state index contributed by atoms with van der Waals surface area (Å²) in [5.74, 6) is 0.889. The second-order valence-electron chi connectivity index (χ2n) is 8.46. The van der Waals surface area contributed by atoms with Crippen molar-refractivity contribution in [1.29, 1.82) is 0 Å². The number of amides is 2. The maximum absolute atomic E-state index is 13.2. The van der Waals surface area contributed by atoms with Crippen molar-refractivity contribution in [2.45, 2.75) is 26.2 Å². The third-order valence-electron chi connectivity index (χ3n) is 6.26. The van der Waals surface area contributed by atoms with Crippen LogP contribution in [0.5, 0.6) is 0 Å². The van der Waals surface area contributed by atoms with Gasteiger partial charge in [0.05, 0.1) is 5.41 Å². The van der Waals surface area contributed by atoms with Crippen molar-refractivity contribution >= 4 is 23.2 Å². The molecule has 2 fully saturated rings. The van der Waals surface area contributed by atoms with Crippen molar-refractivity contribution in [2.24, 2.45) is 17.3 Å². The quantitative estimate of drug-likeness (QED) is 0.700. The monoisotopic (exact) mass is 408 g/mol. The van der Waals surface area contributed by atoms with Gasteiger partial charge in [0.25, 0.3) is 0 Å². The molecule has 1 aliphatic heterocycles. The highest BCUT2D eigenvalue weighted by Crippen LogP contribution is 2.42. The second kappa shape index (κ2) is 8.15. The minimum absolute atomic E-state index is 0.0260. The summed E-state index contributed by atoms with van der Waals surface area (Å²) in [5, 5.41) is 5.07. The van der Waals surface area contributed by atoms with E-state index in [1.54, 1.807) is 17.4 Å². The number of hydrogen-bond donors (Lipinski definition) is 1. The standard InChI is InChI=1S/C24H28N2O2S/c1-3-10-25-23(28)24(9-11-26(16-24)22(27)20-13-17(20)2)15-18-6-4-7-19(14-18)21-8-5-12-29-21/h3-8,12,14,17,20H,1,9-11,13,15-16H2,2H3,(H,25,28). The van der Waals surface area contributed by atoms with Crippen LogP contribution >= 0.6 is 11.3 Å². The fourth-order valence-electron chi connectivity index (χ4n) is 4.39. The summed E-state index contributed by atoms with van der Waals surface area (Å²) in [6, 6.07) is 12.6. The van der Waals surface area contributed by atoms with E-state index in [4.69, 9.17) is 0 Å². The number of benzene rings is 1. The van der Waals surface area contributed by atoms with E-state index in [-0.39, 0.29) is 17.7 Å². The first-order valence-corrected chi connectivity index (χ1v) is 11.2. The van der Waals surface area contributed by atoms with Crippen molar-refractivity contribution < 1.29 is 9.59 Å². The number of nitrogens with zero attached hydrogens (tertiary/aromatic N) is 1. The second-order valence-corrected chi connectivity index (χ2v) is 9.41. The minimum atomic E-state index is -0.579. The molecule has 1 aromatic heterocycles. The molecule has 4 rings (SSSR count). The fraction of sp³-hybridized carbons (Fsp3) is 0.417. The van der Waals surface area contributed by atoms with Crippen molar-refractivity contribution in [3.63, 3.8) is 0 Å². The number of nitrogens with one attached hydrogen (secondary N) is 1. The molecule has 1 saturated heterocycles. The lowest BCUT2D eigenvalue weighted by atomic mass is 9.79. The summed E-state index contributed by atoms with van der Waals surface area (Å²) < 4.78 is 0. The summed E-state index contributed by atoms with van der Waals surface area (Å²) in [5.41, 5.74) is 1.74. The molecule has 1 saturated carbocycles. The molecule has 0 bridgehead atoms. The van der Waals surface area contributed by atoms with Gasteiger partial charge in [-0.3, -0.25) is 9.59 Å². The Labute approximate surface area is 176 Å². The molecule has 1 N–H and O–H groups in total. The van der Waals surface area contributed by atoms with E-state index in [1.165, 1.54) is 10.4 Å². The lowest BCUT2D eigenvalue weighted by Crippen LogP contribution is -2.45. The smallest absolute Gasteiger partial charge is 0.228 e. The molecule has 29 heavy (non-hydrogen) atoms. The Balaban J connectivity index is 1.57. The van der Waals surface area contributed by atoms with Gasteiger partial charge in [-0.25, -0.2) is 0 Å². The van der Waals surface area contributed by atoms with Gasteiger partial charge in [0.15, 0.2) is 0 Å². The highest BCUT2D eigenvalue weighted by atomic mass is 32.1. The van der Waals surface area contributed by atoms with Gasteiger partial charge >= 0.3 is 0 Å². The summed E-state index contributed by atoms with van der Waals surface area (Å²) in [7, 11) is 0. The van der Waals surface area contributed by atoms with E-state index in [0.29, 0.717) is 38.4 Å². The highest BCUT2D eigenvalue weighted by Gasteiger charge is 2.49. The molecule has 4 nitrogen and oxygen atoms in total. The number of likely N-dealkylation sites (tertiary alicyclic amines) is 1. The third-order valence-corrected chi connectivity index (χ3v) is 7.17. The van der Waals surface area contributed by atoms with Gasteiger partial charge in [-0.1, -0.05) is 43.3 Å². The first-order chi connectivity index (χ1) is 14.0. The van der Waals surface area contributed by atoms with Crippen molar-refractivity contribution in [1.82, 2.24) is 10.2 Å². The first kappa shape index (κ1) is 19.9. The molecule has 5 heteroatoms. The van der Waals surface area contributed by atoms with Crippen LogP contribution in [0.15, 0.2) is 54.4 Å². The summed E-state index contributed by atoms with van der Waals surface area (Å²) >= 11 is 1.72. The van der Waals surface area contributed by atoms with Crippen molar-refractivity contribution in [2.75, 3.05) is 19.6 Å². The molecular formula is C24H28N2O2S. The van der Waals surface area contributed by atoms with E-state index in [9.17, 15) is 9.59 Å². The van der Waals surface area contributed by atoms with Crippen LogP contribution in [0.25, 0.3) is 10.4 Å². The molecule has 2 amide bonds.